The SMILES string of the molecule is O=C1c2c(Br)c(Br)c(Br)c(Br)c2C(=O)N1Nc1ccccc1. The maximum atomic E-state index is 12.6. The highest BCUT2D eigenvalue weighted by atomic mass is 79.9. The Bertz CT molecular complexity index is 761. The summed E-state index contributed by atoms with van der Waals surface area (Å²) >= 11 is 13.5. The molecule has 0 radical (unpaired) electrons. The van der Waals surface area contributed by atoms with Crippen LogP contribution in [-0.4, -0.2) is 16.8 Å². The molecule has 0 unspecified atom stereocenters. The predicted octanol–water partition coefficient (Wildman–Crippen LogP) is 5.36. The largest absolute Gasteiger partial charge is 0.288 e. The molecule has 112 valence electrons. The lowest BCUT2D eigenvalue weighted by Gasteiger charge is -2.16. The molecule has 1 aliphatic rings. The van der Waals surface area contributed by atoms with E-state index in [0.717, 1.165) is 5.01 Å². The van der Waals surface area contributed by atoms with Gasteiger partial charge < -0.3 is 0 Å². The topological polar surface area (TPSA) is 49.4 Å². The van der Waals surface area contributed by atoms with Crippen molar-refractivity contribution < 1.29 is 9.59 Å². The zero-order valence-corrected chi connectivity index (χ0v) is 17.0. The molecule has 3 rings (SSSR count). The molecule has 0 spiro atoms. The molecule has 0 bridgehead atoms. The molecular weight excluding hydrogens is 548 g/mol. The number of hydrazine groups is 1. The first-order valence-electron chi connectivity index (χ1n) is 6.00. The number of rotatable bonds is 2. The van der Waals surface area contributed by atoms with Crippen LogP contribution < -0.4 is 5.43 Å². The number of carbonyl (C=O) groups is 2. The van der Waals surface area contributed by atoms with Gasteiger partial charge in [0.05, 0.1) is 16.8 Å². The summed E-state index contributed by atoms with van der Waals surface area (Å²) in [6, 6.07) is 9.05. The fourth-order valence-corrected chi connectivity index (χ4v) is 4.55. The highest BCUT2D eigenvalue weighted by Crippen LogP contribution is 2.45. The number of nitrogens with zero attached hydrogens (tertiary/aromatic N) is 1. The first-order chi connectivity index (χ1) is 10.4. The van der Waals surface area contributed by atoms with E-state index in [2.05, 4.69) is 69.1 Å². The minimum atomic E-state index is -0.412. The van der Waals surface area contributed by atoms with Gasteiger partial charge in [-0.3, -0.25) is 15.0 Å². The maximum Gasteiger partial charge on any atom is 0.281 e. The van der Waals surface area contributed by atoms with Crippen LogP contribution in [0.4, 0.5) is 5.69 Å². The van der Waals surface area contributed by atoms with Gasteiger partial charge in [-0.2, -0.15) is 5.01 Å². The average Bonchev–Trinajstić information content (AvgIpc) is 2.76. The van der Waals surface area contributed by atoms with Crippen molar-refractivity contribution >= 4 is 81.2 Å². The van der Waals surface area contributed by atoms with Crippen LogP contribution in [0, 0.1) is 0 Å². The van der Waals surface area contributed by atoms with Crippen molar-refractivity contribution in [2.45, 2.75) is 0 Å². The molecule has 22 heavy (non-hydrogen) atoms. The van der Waals surface area contributed by atoms with E-state index in [0.29, 0.717) is 34.7 Å². The molecule has 0 saturated carbocycles. The average molecular weight is 554 g/mol. The van der Waals surface area contributed by atoms with Crippen molar-refractivity contribution in [1.82, 2.24) is 5.01 Å². The number of imide groups is 1. The number of nitrogens with one attached hydrogen (secondary N) is 1. The number of fused-ring (bicyclic) bond motifs is 1. The summed E-state index contributed by atoms with van der Waals surface area (Å²) < 4.78 is 2.41. The highest BCUT2D eigenvalue weighted by Gasteiger charge is 2.41. The van der Waals surface area contributed by atoms with Crippen LogP contribution in [0.15, 0.2) is 48.2 Å². The van der Waals surface area contributed by atoms with Crippen LogP contribution in [0.3, 0.4) is 0 Å². The summed E-state index contributed by atoms with van der Waals surface area (Å²) in [4.78, 5) is 25.2. The standard InChI is InChI=1S/C14H6Br4N2O2/c15-9-7-8(10(16)12(18)11(9)17)14(22)20(13(7)21)19-6-4-2-1-3-5-6/h1-5,19H. The van der Waals surface area contributed by atoms with Crippen molar-refractivity contribution in [3.63, 3.8) is 0 Å². The predicted molar refractivity (Wildman–Crippen MR) is 97.8 cm³/mol. The van der Waals surface area contributed by atoms with E-state index in [1.807, 2.05) is 18.2 Å². The molecular formula is C14H6Br4N2O2. The van der Waals surface area contributed by atoms with Gasteiger partial charge in [-0.15, -0.1) is 0 Å². The Labute approximate surface area is 159 Å². The van der Waals surface area contributed by atoms with Gasteiger partial charge in [0.1, 0.15) is 0 Å². The van der Waals surface area contributed by atoms with E-state index in [1.165, 1.54) is 0 Å². The summed E-state index contributed by atoms with van der Waals surface area (Å²) in [5, 5.41) is 1.01. The molecule has 2 aromatic rings. The van der Waals surface area contributed by atoms with Gasteiger partial charge in [-0.1, -0.05) is 18.2 Å². The third-order valence-electron chi connectivity index (χ3n) is 3.12. The number of carbonyl (C=O) groups excluding carboxylic acids is 2. The van der Waals surface area contributed by atoms with Crippen molar-refractivity contribution in [3.8, 4) is 0 Å². The molecule has 1 heterocycles. The van der Waals surface area contributed by atoms with Gasteiger partial charge in [0.2, 0.25) is 0 Å². The van der Waals surface area contributed by atoms with Crippen LogP contribution >= 0.6 is 63.7 Å². The second-order valence-electron chi connectivity index (χ2n) is 4.43. The van der Waals surface area contributed by atoms with E-state index in [4.69, 9.17) is 0 Å². The molecule has 0 aliphatic carbocycles. The van der Waals surface area contributed by atoms with Gasteiger partial charge in [0.25, 0.3) is 11.8 Å². The van der Waals surface area contributed by atoms with Crippen molar-refractivity contribution in [2.75, 3.05) is 5.43 Å². The second-order valence-corrected chi connectivity index (χ2v) is 7.60. The Balaban J connectivity index is 2.10. The van der Waals surface area contributed by atoms with E-state index >= 15 is 0 Å². The molecule has 8 heteroatoms. The smallest absolute Gasteiger partial charge is 0.281 e. The minimum absolute atomic E-state index is 0.315. The fourth-order valence-electron chi connectivity index (χ4n) is 2.09. The normalized spacial score (nSPS) is 13.5. The van der Waals surface area contributed by atoms with Gasteiger partial charge in [-0.25, -0.2) is 0 Å². The first-order valence-corrected chi connectivity index (χ1v) is 9.17. The number of halogens is 4. The van der Waals surface area contributed by atoms with Gasteiger partial charge >= 0.3 is 0 Å². The van der Waals surface area contributed by atoms with Crippen molar-refractivity contribution in [2.24, 2.45) is 0 Å². The lowest BCUT2D eigenvalue weighted by molar-refractivity contribution is 0.0691. The van der Waals surface area contributed by atoms with Crippen LogP contribution in [-0.2, 0) is 0 Å². The Hall–Kier alpha value is -0.700. The lowest BCUT2D eigenvalue weighted by Crippen LogP contribution is -2.35. The molecule has 0 aromatic heterocycles. The molecule has 0 saturated heterocycles. The molecule has 2 aromatic carbocycles. The Morgan fingerprint density at radius 2 is 1.18 bits per heavy atom. The van der Waals surface area contributed by atoms with Crippen LogP contribution in [0.25, 0.3) is 0 Å². The summed E-state index contributed by atoms with van der Waals surface area (Å²) in [6.45, 7) is 0. The van der Waals surface area contributed by atoms with Crippen LogP contribution in [0.2, 0.25) is 0 Å². The molecule has 1 aliphatic heterocycles. The summed E-state index contributed by atoms with van der Waals surface area (Å²) in [7, 11) is 0. The van der Waals surface area contributed by atoms with Gasteiger partial charge in [-0.05, 0) is 75.9 Å². The van der Waals surface area contributed by atoms with E-state index in [1.54, 1.807) is 12.1 Å². The third-order valence-corrected chi connectivity index (χ3v) is 7.88. The summed E-state index contributed by atoms with van der Waals surface area (Å²) in [5.41, 5.74) is 4.13. The monoisotopic (exact) mass is 550 g/mol. The first kappa shape index (κ1) is 16.2. The Morgan fingerprint density at radius 1 is 0.727 bits per heavy atom. The molecule has 0 fully saturated rings. The van der Waals surface area contributed by atoms with Gasteiger partial charge in [0.15, 0.2) is 0 Å². The van der Waals surface area contributed by atoms with E-state index in [9.17, 15) is 9.59 Å². The lowest BCUT2D eigenvalue weighted by atomic mass is 10.1. The highest BCUT2D eigenvalue weighted by molar-refractivity contribution is 9.15. The fraction of sp³-hybridized carbons (Fsp3) is 0. The Kier molecular flexibility index (Phi) is 4.46. The third kappa shape index (κ3) is 2.46. The zero-order valence-electron chi connectivity index (χ0n) is 10.7. The quantitative estimate of drug-likeness (QED) is 0.310. The van der Waals surface area contributed by atoms with Gasteiger partial charge in [0, 0.05) is 17.9 Å². The molecule has 0 atom stereocenters. The Morgan fingerprint density at radius 3 is 1.64 bits per heavy atom. The molecule has 4 nitrogen and oxygen atoms in total. The van der Waals surface area contributed by atoms with E-state index in [-0.39, 0.29) is 0 Å². The zero-order chi connectivity index (χ0) is 16.0. The summed E-state index contributed by atoms with van der Waals surface area (Å²) in [5.74, 6) is -0.825. The number of para-hydroxylation sites is 1. The maximum absolute atomic E-state index is 12.6. The van der Waals surface area contributed by atoms with Crippen LogP contribution in [0.1, 0.15) is 20.7 Å². The number of anilines is 1. The number of benzene rings is 2. The molecule has 1 N–H and O–H groups in total. The summed E-state index contributed by atoms with van der Waals surface area (Å²) in [6.07, 6.45) is 0. The minimum Gasteiger partial charge on any atom is -0.288 e. The van der Waals surface area contributed by atoms with Crippen molar-refractivity contribution in [1.29, 1.82) is 0 Å². The van der Waals surface area contributed by atoms with E-state index < -0.39 is 11.8 Å². The number of hydrogen-bond acceptors (Lipinski definition) is 3. The second kappa shape index (κ2) is 6.07. The van der Waals surface area contributed by atoms with Crippen molar-refractivity contribution in [3.05, 3.63) is 59.3 Å². The number of amides is 2. The molecule has 2 amide bonds. The number of hydrogen-bond donors (Lipinski definition) is 1. The van der Waals surface area contributed by atoms with Crippen LogP contribution in [0.5, 0.6) is 0 Å².